The molecule has 2 heterocycles. The van der Waals surface area contributed by atoms with E-state index in [0.29, 0.717) is 19.6 Å². The second-order valence-corrected chi connectivity index (χ2v) is 3.19. The molecule has 1 aliphatic rings. The van der Waals surface area contributed by atoms with Crippen molar-refractivity contribution >= 4 is 11.9 Å². The van der Waals surface area contributed by atoms with Gasteiger partial charge in [-0.1, -0.05) is 0 Å². The summed E-state index contributed by atoms with van der Waals surface area (Å²) in [5.41, 5.74) is -0.594. The van der Waals surface area contributed by atoms with Crippen molar-refractivity contribution in [1.29, 1.82) is 0 Å². The number of aromatic amines is 1. The Kier molecular flexibility index (Phi) is 3.59. The molecule has 0 radical (unpaired) electrons. The number of carboxylic acid groups (broad SMARTS) is 2. The lowest BCUT2D eigenvalue weighted by Gasteiger charge is -2.02. The zero-order chi connectivity index (χ0) is 11.7. The second-order valence-electron chi connectivity index (χ2n) is 3.19. The molecule has 17 heavy (non-hydrogen) atoms. The maximum absolute atomic E-state index is 10.9. The van der Waals surface area contributed by atoms with Crippen LogP contribution in [0.4, 0.5) is 0 Å². The summed E-state index contributed by atoms with van der Waals surface area (Å²) in [5, 5.41) is 17.7. The molecule has 8 heteroatoms. The van der Waals surface area contributed by atoms with Gasteiger partial charge >= 0.3 is 11.9 Å². The second kappa shape index (κ2) is 4.74. The van der Waals surface area contributed by atoms with Gasteiger partial charge in [-0.2, -0.15) is 0 Å². The van der Waals surface area contributed by atoms with Gasteiger partial charge in [0, 0.05) is 6.42 Å². The van der Waals surface area contributed by atoms with Crippen LogP contribution < -0.4 is 9.47 Å². The van der Waals surface area contributed by atoms with E-state index >= 15 is 0 Å². The fourth-order valence-electron chi connectivity index (χ4n) is 1.45. The van der Waals surface area contributed by atoms with Crippen LogP contribution in [-0.4, -0.2) is 45.8 Å². The van der Waals surface area contributed by atoms with Crippen molar-refractivity contribution in [3.05, 3.63) is 11.4 Å². The summed E-state index contributed by atoms with van der Waals surface area (Å²) in [6, 6.07) is 0. The predicted molar refractivity (Wildman–Crippen MR) is 53.9 cm³/mol. The normalized spacial score (nSPS) is 13.4. The van der Waals surface area contributed by atoms with Crippen molar-refractivity contribution < 1.29 is 34.8 Å². The quantitative estimate of drug-likeness (QED) is 0.655. The average molecular weight is 245 g/mol. The number of hydrogen-bond donors (Lipinski definition) is 3. The van der Waals surface area contributed by atoms with Crippen LogP contribution in [0.2, 0.25) is 0 Å². The lowest BCUT2D eigenvalue weighted by molar-refractivity contribution is 0.0686. The van der Waals surface area contributed by atoms with Gasteiger partial charge in [-0.25, -0.2) is 9.59 Å². The molecular weight excluding hydrogens is 234 g/mol. The standard InChI is InChI=1S/C9H9NO6.H2O/c11-8(12)4-6-7(5(10-4)9(13)14)16-3-1-2-15-6;/h10H,1-3H2,(H,11,12)(H,13,14);1H2. The van der Waals surface area contributed by atoms with E-state index in [4.69, 9.17) is 19.7 Å². The van der Waals surface area contributed by atoms with Gasteiger partial charge in [0.15, 0.2) is 22.9 Å². The van der Waals surface area contributed by atoms with E-state index in [1.54, 1.807) is 0 Å². The summed E-state index contributed by atoms with van der Waals surface area (Å²) in [6.45, 7) is 0.592. The molecule has 0 atom stereocenters. The molecule has 0 aliphatic carbocycles. The monoisotopic (exact) mass is 245 g/mol. The number of rotatable bonds is 2. The molecule has 1 aliphatic heterocycles. The van der Waals surface area contributed by atoms with Gasteiger partial charge in [0.05, 0.1) is 13.2 Å². The van der Waals surface area contributed by atoms with E-state index in [1.807, 2.05) is 0 Å². The summed E-state index contributed by atoms with van der Waals surface area (Å²) >= 11 is 0. The Morgan fingerprint density at radius 2 is 1.41 bits per heavy atom. The minimum atomic E-state index is -1.28. The molecule has 94 valence electrons. The Morgan fingerprint density at radius 3 is 1.76 bits per heavy atom. The Morgan fingerprint density at radius 1 is 1.00 bits per heavy atom. The molecule has 0 unspecified atom stereocenters. The Hall–Kier alpha value is -2.22. The van der Waals surface area contributed by atoms with Crippen molar-refractivity contribution in [3.8, 4) is 11.5 Å². The highest BCUT2D eigenvalue weighted by molar-refractivity contribution is 5.97. The first-order valence-electron chi connectivity index (χ1n) is 4.59. The third kappa shape index (κ3) is 2.16. The number of aromatic nitrogens is 1. The highest BCUT2D eigenvalue weighted by Crippen LogP contribution is 2.37. The molecule has 2 rings (SSSR count). The SMILES string of the molecule is O.O=C(O)c1[nH]c(C(=O)O)c2c1OCCCO2. The minimum Gasteiger partial charge on any atom is -0.487 e. The van der Waals surface area contributed by atoms with Gasteiger partial charge in [-0.15, -0.1) is 0 Å². The van der Waals surface area contributed by atoms with Gasteiger partial charge in [-0.3, -0.25) is 0 Å². The lowest BCUT2D eigenvalue weighted by Crippen LogP contribution is -2.05. The third-order valence-corrected chi connectivity index (χ3v) is 2.12. The maximum atomic E-state index is 10.9. The van der Waals surface area contributed by atoms with E-state index in [0.717, 1.165) is 0 Å². The molecule has 0 saturated heterocycles. The molecule has 8 nitrogen and oxygen atoms in total. The van der Waals surface area contributed by atoms with Gasteiger partial charge < -0.3 is 30.1 Å². The molecule has 0 spiro atoms. The minimum absolute atomic E-state index is 0. The van der Waals surface area contributed by atoms with Crippen LogP contribution in [0.25, 0.3) is 0 Å². The van der Waals surface area contributed by atoms with Gasteiger partial charge in [0.25, 0.3) is 0 Å². The summed E-state index contributed by atoms with van der Waals surface area (Å²) in [5.74, 6) is -2.65. The average Bonchev–Trinajstić information content (AvgIpc) is 2.41. The molecule has 5 N–H and O–H groups in total. The van der Waals surface area contributed by atoms with Crippen LogP contribution in [0, 0.1) is 0 Å². The number of carbonyl (C=O) groups is 2. The molecule has 1 aromatic rings. The molecule has 0 amide bonds. The van der Waals surface area contributed by atoms with Crippen LogP contribution in [0.3, 0.4) is 0 Å². The maximum Gasteiger partial charge on any atom is 0.356 e. The molecule has 0 aromatic carbocycles. The number of carboxylic acids is 2. The van der Waals surface area contributed by atoms with Crippen LogP contribution >= 0.6 is 0 Å². The smallest absolute Gasteiger partial charge is 0.356 e. The first-order chi connectivity index (χ1) is 7.61. The fourth-order valence-corrected chi connectivity index (χ4v) is 1.45. The predicted octanol–water partition coefficient (Wildman–Crippen LogP) is -0.252. The van der Waals surface area contributed by atoms with Crippen LogP contribution in [-0.2, 0) is 0 Å². The topological polar surface area (TPSA) is 140 Å². The zero-order valence-corrected chi connectivity index (χ0v) is 8.65. The van der Waals surface area contributed by atoms with Crippen molar-refractivity contribution in [3.63, 3.8) is 0 Å². The third-order valence-electron chi connectivity index (χ3n) is 2.12. The van der Waals surface area contributed by atoms with E-state index in [9.17, 15) is 9.59 Å². The Bertz CT molecular complexity index is 412. The van der Waals surface area contributed by atoms with Crippen LogP contribution in [0.15, 0.2) is 0 Å². The van der Waals surface area contributed by atoms with Gasteiger partial charge in [0.2, 0.25) is 0 Å². The number of H-pyrrole nitrogens is 1. The first-order valence-corrected chi connectivity index (χ1v) is 4.59. The Labute approximate surface area is 95.1 Å². The zero-order valence-electron chi connectivity index (χ0n) is 8.65. The van der Waals surface area contributed by atoms with E-state index in [-0.39, 0.29) is 28.4 Å². The fraction of sp³-hybridized carbons (Fsp3) is 0.333. The largest absolute Gasteiger partial charge is 0.487 e. The number of aromatic carboxylic acids is 2. The van der Waals surface area contributed by atoms with E-state index in [1.165, 1.54) is 0 Å². The highest BCUT2D eigenvalue weighted by atomic mass is 16.5. The number of fused-ring (bicyclic) bond motifs is 1. The van der Waals surface area contributed by atoms with Crippen molar-refractivity contribution in [2.24, 2.45) is 0 Å². The van der Waals surface area contributed by atoms with Crippen LogP contribution in [0.1, 0.15) is 27.4 Å². The van der Waals surface area contributed by atoms with E-state index in [2.05, 4.69) is 4.98 Å². The highest BCUT2D eigenvalue weighted by Gasteiger charge is 2.29. The summed E-state index contributed by atoms with van der Waals surface area (Å²) in [6.07, 6.45) is 0.576. The number of ether oxygens (including phenoxy) is 2. The van der Waals surface area contributed by atoms with Crippen molar-refractivity contribution in [1.82, 2.24) is 4.98 Å². The van der Waals surface area contributed by atoms with Crippen molar-refractivity contribution in [2.75, 3.05) is 13.2 Å². The summed E-state index contributed by atoms with van der Waals surface area (Å²) in [4.78, 5) is 24.0. The molecule has 0 bridgehead atoms. The summed E-state index contributed by atoms with van der Waals surface area (Å²) < 4.78 is 10.3. The Balaban J connectivity index is 0.00000144. The van der Waals surface area contributed by atoms with Gasteiger partial charge in [0.1, 0.15) is 0 Å². The first kappa shape index (κ1) is 12.8. The number of hydrogen-bond acceptors (Lipinski definition) is 4. The molecule has 1 aromatic heterocycles. The molecule has 0 fully saturated rings. The van der Waals surface area contributed by atoms with Crippen molar-refractivity contribution in [2.45, 2.75) is 6.42 Å². The van der Waals surface area contributed by atoms with Crippen LogP contribution in [0.5, 0.6) is 11.5 Å². The molecule has 0 saturated carbocycles. The molecular formula is C9H11NO7. The number of nitrogens with one attached hydrogen (secondary N) is 1. The summed E-state index contributed by atoms with van der Waals surface area (Å²) in [7, 11) is 0. The lowest BCUT2D eigenvalue weighted by atomic mass is 10.3. The van der Waals surface area contributed by atoms with Gasteiger partial charge in [-0.05, 0) is 0 Å². The van der Waals surface area contributed by atoms with E-state index < -0.39 is 11.9 Å².